The molecule has 0 aromatic carbocycles. The summed E-state index contributed by atoms with van der Waals surface area (Å²) >= 11 is 0.823. The third kappa shape index (κ3) is 1.46. The van der Waals surface area contributed by atoms with E-state index in [9.17, 15) is 0 Å². The van der Waals surface area contributed by atoms with Crippen molar-refractivity contribution >= 4 is 46.6 Å². The first-order chi connectivity index (χ1) is 7.33. The zero-order valence-electron chi connectivity index (χ0n) is 8.23. The molecule has 0 spiro atoms. The van der Waals surface area contributed by atoms with Gasteiger partial charge in [0.15, 0.2) is 0 Å². The Balaban J connectivity index is 2.65. The molecular weight excluding hydrogens is 360 g/mol. The van der Waals surface area contributed by atoms with E-state index in [-0.39, 0.29) is 0 Å². The van der Waals surface area contributed by atoms with Gasteiger partial charge in [-0.25, -0.2) is 0 Å². The van der Waals surface area contributed by atoms with Gasteiger partial charge in [-0.1, -0.05) is 0 Å². The molecule has 1 N–H and O–H groups in total. The predicted molar refractivity (Wildman–Crippen MR) is 66.2 cm³/mol. The van der Waals surface area contributed by atoms with Crippen molar-refractivity contribution < 1.29 is 0 Å². The second-order valence-electron chi connectivity index (χ2n) is 3.22. The van der Waals surface area contributed by atoms with Crippen LogP contribution in [0.4, 0.5) is 0 Å². The van der Waals surface area contributed by atoms with Gasteiger partial charge in [0, 0.05) is 0 Å². The number of hydrogen-bond donors (Lipinski definition) is 1. The molecule has 0 aromatic heterocycles. The van der Waals surface area contributed by atoms with Gasteiger partial charge < -0.3 is 0 Å². The Labute approximate surface area is 105 Å². The van der Waals surface area contributed by atoms with E-state index < -0.39 is 0 Å². The van der Waals surface area contributed by atoms with Crippen LogP contribution in [0.15, 0.2) is 0 Å². The Kier molecular flexibility index (Phi) is 2.71. The van der Waals surface area contributed by atoms with Crippen molar-refractivity contribution in [3.8, 4) is 10.7 Å². The Hall–Kier alpha value is 0.229. The predicted octanol–water partition coefficient (Wildman–Crippen LogP) is 1.73. The van der Waals surface area contributed by atoms with E-state index >= 15 is 0 Å². The molecule has 0 aromatic rings. The molecular formula is C8H9N3S2Se2. The minimum absolute atomic E-state index is 0.356. The van der Waals surface area contributed by atoms with Crippen LogP contribution in [-0.4, -0.2) is 39.7 Å². The van der Waals surface area contributed by atoms with Crippen LogP contribution >= 0.6 is 19.4 Å². The molecule has 0 bridgehead atoms. The Bertz CT molecular complexity index is 647. The maximum atomic E-state index is 4.65. The first-order valence-corrected chi connectivity index (χ1v) is 11.9. The van der Waals surface area contributed by atoms with Crippen molar-refractivity contribution in [1.82, 2.24) is 12.5 Å². The second kappa shape index (κ2) is 3.91. The van der Waals surface area contributed by atoms with Crippen LogP contribution in [0.2, 0.25) is 0 Å². The molecule has 3 aliphatic heterocycles. The molecule has 0 radical (unpaired) electrons. The molecule has 0 fully saturated rings. The number of H-pyrrole nitrogens is 1. The molecule has 0 aliphatic carbocycles. The molecule has 0 amide bonds. The van der Waals surface area contributed by atoms with E-state index in [1.165, 1.54) is 26.3 Å². The van der Waals surface area contributed by atoms with Gasteiger partial charge in [0.2, 0.25) is 0 Å². The summed E-state index contributed by atoms with van der Waals surface area (Å²) in [5.41, 5.74) is 2.75. The van der Waals surface area contributed by atoms with Crippen LogP contribution in [0.3, 0.4) is 0 Å². The van der Waals surface area contributed by atoms with Crippen molar-refractivity contribution in [1.29, 1.82) is 0 Å². The summed E-state index contributed by atoms with van der Waals surface area (Å²) in [6, 6.07) is 0. The molecule has 3 heterocycles. The summed E-state index contributed by atoms with van der Waals surface area (Å²) < 4.78 is 12.0. The van der Waals surface area contributed by atoms with Gasteiger partial charge in [-0.15, -0.1) is 0 Å². The summed E-state index contributed by atoms with van der Waals surface area (Å²) in [6.45, 7) is 5.44. The average Bonchev–Trinajstić information content (AvgIpc) is 2.85. The van der Waals surface area contributed by atoms with Crippen LogP contribution in [0, 0.1) is 16.9 Å². The summed E-state index contributed by atoms with van der Waals surface area (Å²) in [4.78, 5) is 1.42. The monoisotopic (exact) mass is 371 g/mol. The average molecular weight is 369 g/mol. The van der Waals surface area contributed by atoms with Crippen LogP contribution < -0.4 is 0 Å². The van der Waals surface area contributed by atoms with E-state index in [1.807, 2.05) is 19.4 Å². The molecule has 0 saturated heterocycles. The topological polar surface area (TPSA) is 33.6 Å². The standard InChI is InChI=1S/C8H9N3S2Se2/c1-3-11-7-5(12-14-9-7)4(2)6-8(11)10-15-13-6/h9H,3H2,1-2H3. The van der Waals surface area contributed by atoms with Gasteiger partial charge >= 0.3 is 106 Å². The van der Waals surface area contributed by atoms with Crippen molar-refractivity contribution in [2.45, 2.75) is 20.4 Å². The van der Waals surface area contributed by atoms with E-state index in [4.69, 9.17) is 0 Å². The molecule has 0 saturated carbocycles. The molecule has 0 unspecified atom stereocenters. The number of aromatic nitrogens is 3. The fraction of sp³-hybridized carbons (Fsp3) is 0.375. The van der Waals surface area contributed by atoms with Gasteiger partial charge in [0.1, 0.15) is 0 Å². The van der Waals surface area contributed by atoms with E-state index in [2.05, 4.69) is 26.4 Å². The first kappa shape index (κ1) is 10.4. The van der Waals surface area contributed by atoms with Gasteiger partial charge in [-0.3, -0.25) is 0 Å². The number of nitrogens with zero attached hydrogens (tertiary/aromatic N) is 2. The van der Waals surface area contributed by atoms with Crippen molar-refractivity contribution in [2.75, 3.05) is 0 Å². The van der Waals surface area contributed by atoms with Crippen LogP contribution in [0.1, 0.15) is 12.5 Å². The Morgan fingerprint density at radius 2 is 2.33 bits per heavy atom. The number of aromatic amines is 1. The normalized spacial score (nSPS) is 11.6. The van der Waals surface area contributed by atoms with E-state index in [0.717, 1.165) is 6.54 Å². The summed E-state index contributed by atoms with van der Waals surface area (Å²) in [5.74, 6) is 1.21. The number of rotatable bonds is 1. The SMILES string of the molecule is CCn1c2n[se]sc-2c(C)c2s[se][nH]c1=2. The van der Waals surface area contributed by atoms with Crippen molar-refractivity contribution in [3.05, 3.63) is 15.6 Å². The second-order valence-corrected chi connectivity index (χ2v) is 9.58. The summed E-state index contributed by atoms with van der Waals surface area (Å²) in [5, 5.41) is 0. The van der Waals surface area contributed by atoms with Crippen molar-refractivity contribution in [3.63, 3.8) is 0 Å². The van der Waals surface area contributed by atoms with Crippen LogP contribution in [0.5, 0.6) is 0 Å². The fourth-order valence-corrected chi connectivity index (χ4v) is 9.16. The minimum atomic E-state index is 0.356. The van der Waals surface area contributed by atoms with Crippen LogP contribution in [-0.2, 0) is 6.54 Å². The molecule has 7 heteroatoms. The Morgan fingerprint density at radius 3 is 3.13 bits per heavy atom. The zero-order valence-corrected chi connectivity index (χ0v) is 13.3. The van der Waals surface area contributed by atoms with Gasteiger partial charge in [0.05, 0.1) is 0 Å². The van der Waals surface area contributed by atoms with Gasteiger partial charge in [0.25, 0.3) is 0 Å². The van der Waals surface area contributed by atoms with Gasteiger partial charge in [-0.05, 0) is 0 Å². The fourth-order valence-electron chi connectivity index (χ4n) is 1.69. The molecule has 80 valence electrons. The maximum absolute atomic E-state index is 4.65. The third-order valence-corrected chi connectivity index (χ3v) is 8.94. The molecule has 3 aliphatic rings. The number of nitrogens with one attached hydrogen (secondary N) is 1. The molecule has 0 atom stereocenters. The van der Waals surface area contributed by atoms with Crippen LogP contribution in [0.25, 0.3) is 10.7 Å². The van der Waals surface area contributed by atoms with Gasteiger partial charge in [-0.2, -0.15) is 0 Å². The van der Waals surface area contributed by atoms with Crippen molar-refractivity contribution in [2.24, 2.45) is 0 Å². The molecule has 3 nitrogen and oxygen atoms in total. The summed E-state index contributed by atoms with van der Waals surface area (Å²) in [7, 11) is 3.90. The summed E-state index contributed by atoms with van der Waals surface area (Å²) in [6.07, 6.45) is 0. The Morgan fingerprint density at radius 1 is 1.47 bits per heavy atom. The zero-order chi connectivity index (χ0) is 10.4. The molecule has 15 heavy (non-hydrogen) atoms. The van der Waals surface area contributed by atoms with E-state index in [1.54, 1.807) is 0 Å². The van der Waals surface area contributed by atoms with E-state index in [0.29, 0.717) is 27.2 Å². The number of fused-ring (bicyclic) bond motifs is 1. The number of hydrogen-bond acceptors (Lipinski definition) is 3. The first-order valence-electron chi connectivity index (χ1n) is 4.57. The quantitative estimate of drug-likeness (QED) is 0.652. The third-order valence-electron chi connectivity index (χ3n) is 2.45. The molecule has 3 rings (SSSR count).